The maximum atomic E-state index is 12.8. The molecule has 0 radical (unpaired) electrons. The smallest absolute Gasteiger partial charge is 0.244 e. The van der Waals surface area contributed by atoms with Crippen molar-refractivity contribution >= 4 is 44.7 Å². The summed E-state index contributed by atoms with van der Waals surface area (Å²) in [4.78, 5) is 13.5. The summed E-state index contributed by atoms with van der Waals surface area (Å²) in [6.45, 7) is 3.33. The highest BCUT2D eigenvalue weighted by Crippen LogP contribution is 2.31. The van der Waals surface area contributed by atoms with Gasteiger partial charge in [0.25, 0.3) is 0 Å². The Morgan fingerprint density at radius 3 is 2.15 bits per heavy atom. The lowest BCUT2D eigenvalue weighted by molar-refractivity contribution is 0.101. The zero-order valence-electron chi connectivity index (χ0n) is 14.2. The fourth-order valence-corrected chi connectivity index (χ4v) is 5.07. The first-order chi connectivity index (χ1) is 12.3. The highest BCUT2D eigenvalue weighted by Gasteiger charge is 2.30. The van der Waals surface area contributed by atoms with E-state index < -0.39 is 10.0 Å². The van der Waals surface area contributed by atoms with E-state index in [0.29, 0.717) is 31.7 Å². The van der Waals surface area contributed by atoms with Crippen molar-refractivity contribution in [2.75, 3.05) is 31.1 Å². The summed E-state index contributed by atoms with van der Waals surface area (Å²) in [7, 11) is -3.69. The first kappa shape index (κ1) is 19.2. The van der Waals surface area contributed by atoms with Crippen LogP contribution >= 0.6 is 23.2 Å². The van der Waals surface area contributed by atoms with Crippen molar-refractivity contribution in [1.82, 2.24) is 4.31 Å². The molecule has 0 N–H and O–H groups in total. The van der Waals surface area contributed by atoms with E-state index in [1.165, 1.54) is 17.3 Å². The second-order valence-corrected chi connectivity index (χ2v) is 8.74. The van der Waals surface area contributed by atoms with Crippen LogP contribution in [0, 0.1) is 0 Å². The van der Waals surface area contributed by atoms with Crippen LogP contribution in [-0.4, -0.2) is 44.7 Å². The van der Waals surface area contributed by atoms with Crippen LogP contribution in [0.5, 0.6) is 0 Å². The van der Waals surface area contributed by atoms with Gasteiger partial charge in [-0.2, -0.15) is 4.31 Å². The average molecular weight is 413 g/mol. The van der Waals surface area contributed by atoms with Crippen LogP contribution in [0.1, 0.15) is 17.3 Å². The number of ketones is 1. The number of halogens is 2. The van der Waals surface area contributed by atoms with E-state index in [2.05, 4.69) is 4.90 Å². The summed E-state index contributed by atoms with van der Waals surface area (Å²) in [5, 5.41) is 0.272. The van der Waals surface area contributed by atoms with E-state index in [1.807, 2.05) is 12.1 Å². The van der Waals surface area contributed by atoms with E-state index in [-0.39, 0.29) is 20.7 Å². The Bertz CT molecular complexity index is 922. The second-order valence-electron chi connectivity index (χ2n) is 6.05. The van der Waals surface area contributed by atoms with Gasteiger partial charge in [0.15, 0.2) is 5.78 Å². The standard InChI is InChI=1S/C18H18Cl2N2O3S/c1-13(23)14-5-7-15(8-6-14)21-9-11-22(12-10-21)26(24,25)17-4-2-3-16(19)18(17)20/h2-8H,9-12H2,1H3. The van der Waals surface area contributed by atoms with Gasteiger partial charge in [0, 0.05) is 37.4 Å². The molecule has 2 aromatic rings. The molecule has 5 nitrogen and oxygen atoms in total. The molecular formula is C18H18Cl2N2O3S. The molecule has 0 amide bonds. The first-order valence-electron chi connectivity index (χ1n) is 8.11. The van der Waals surface area contributed by atoms with Gasteiger partial charge in [0.05, 0.1) is 10.0 Å². The molecule has 2 aromatic carbocycles. The van der Waals surface area contributed by atoms with Crippen LogP contribution < -0.4 is 4.90 Å². The number of carbonyl (C=O) groups is 1. The molecule has 1 aliphatic rings. The topological polar surface area (TPSA) is 57.7 Å². The summed E-state index contributed by atoms with van der Waals surface area (Å²) < 4.78 is 27.1. The Balaban J connectivity index is 1.73. The number of nitrogens with zero attached hydrogens (tertiary/aromatic N) is 2. The molecule has 0 saturated carbocycles. The minimum atomic E-state index is -3.69. The Kier molecular flexibility index (Phi) is 5.58. The number of anilines is 1. The largest absolute Gasteiger partial charge is 0.369 e. The van der Waals surface area contributed by atoms with Crippen molar-refractivity contribution in [3.05, 3.63) is 58.1 Å². The molecule has 1 saturated heterocycles. The first-order valence-corrected chi connectivity index (χ1v) is 10.3. The van der Waals surface area contributed by atoms with Crippen LogP contribution in [0.4, 0.5) is 5.69 Å². The van der Waals surface area contributed by atoms with Crippen LogP contribution in [0.15, 0.2) is 47.4 Å². The maximum absolute atomic E-state index is 12.8. The van der Waals surface area contributed by atoms with Crippen LogP contribution in [0.3, 0.4) is 0 Å². The van der Waals surface area contributed by atoms with Crippen LogP contribution in [0.2, 0.25) is 10.0 Å². The predicted molar refractivity (Wildman–Crippen MR) is 104 cm³/mol. The van der Waals surface area contributed by atoms with Gasteiger partial charge in [-0.05, 0) is 43.3 Å². The minimum Gasteiger partial charge on any atom is -0.369 e. The molecule has 3 rings (SSSR count). The molecule has 0 atom stereocenters. The van der Waals surface area contributed by atoms with E-state index in [9.17, 15) is 13.2 Å². The van der Waals surface area contributed by atoms with Crippen molar-refractivity contribution in [3.8, 4) is 0 Å². The molecule has 0 aromatic heterocycles. The fourth-order valence-electron chi connectivity index (χ4n) is 2.92. The molecule has 0 bridgehead atoms. The lowest BCUT2D eigenvalue weighted by Gasteiger charge is -2.35. The zero-order valence-corrected chi connectivity index (χ0v) is 16.5. The van der Waals surface area contributed by atoms with Crippen LogP contribution in [-0.2, 0) is 10.0 Å². The van der Waals surface area contributed by atoms with Gasteiger partial charge in [-0.15, -0.1) is 0 Å². The third-order valence-electron chi connectivity index (χ3n) is 4.41. The Labute approximate surface area is 163 Å². The van der Waals surface area contributed by atoms with E-state index >= 15 is 0 Å². The van der Waals surface area contributed by atoms with Gasteiger partial charge in [-0.3, -0.25) is 4.79 Å². The van der Waals surface area contributed by atoms with Crippen LogP contribution in [0.25, 0.3) is 0 Å². The quantitative estimate of drug-likeness (QED) is 0.718. The summed E-state index contributed by atoms with van der Waals surface area (Å²) in [6, 6.07) is 11.9. The molecular weight excluding hydrogens is 395 g/mol. The number of benzene rings is 2. The molecule has 0 unspecified atom stereocenters. The Morgan fingerprint density at radius 2 is 1.58 bits per heavy atom. The van der Waals surface area contributed by atoms with Crippen molar-refractivity contribution in [3.63, 3.8) is 0 Å². The SMILES string of the molecule is CC(=O)c1ccc(N2CCN(S(=O)(=O)c3cccc(Cl)c3Cl)CC2)cc1. The summed E-state index contributed by atoms with van der Waals surface area (Å²) >= 11 is 12.0. The van der Waals surface area contributed by atoms with Crippen molar-refractivity contribution in [2.45, 2.75) is 11.8 Å². The number of sulfonamides is 1. The lowest BCUT2D eigenvalue weighted by Crippen LogP contribution is -2.48. The fraction of sp³-hybridized carbons (Fsp3) is 0.278. The number of hydrogen-bond acceptors (Lipinski definition) is 4. The molecule has 138 valence electrons. The molecule has 0 aliphatic carbocycles. The third-order valence-corrected chi connectivity index (χ3v) is 7.28. The minimum absolute atomic E-state index is 0.0193. The van der Waals surface area contributed by atoms with Crippen molar-refractivity contribution in [1.29, 1.82) is 0 Å². The summed E-state index contributed by atoms with van der Waals surface area (Å²) in [5.74, 6) is 0.0193. The highest BCUT2D eigenvalue weighted by molar-refractivity contribution is 7.89. The molecule has 0 spiro atoms. The van der Waals surface area contributed by atoms with E-state index in [4.69, 9.17) is 23.2 Å². The monoisotopic (exact) mass is 412 g/mol. The molecule has 26 heavy (non-hydrogen) atoms. The summed E-state index contributed by atoms with van der Waals surface area (Å²) in [5.41, 5.74) is 1.62. The third kappa shape index (κ3) is 3.74. The van der Waals surface area contributed by atoms with Gasteiger partial charge >= 0.3 is 0 Å². The van der Waals surface area contributed by atoms with Gasteiger partial charge in [0.1, 0.15) is 4.90 Å². The number of carbonyl (C=O) groups excluding carboxylic acids is 1. The van der Waals surface area contributed by atoms with E-state index in [1.54, 1.807) is 24.3 Å². The Morgan fingerprint density at radius 1 is 0.962 bits per heavy atom. The zero-order chi connectivity index (χ0) is 18.9. The lowest BCUT2D eigenvalue weighted by atomic mass is 10.1. The predicted octanol–water partition coefficient (Wildman–Crippen LogP) is 3.71. The van der Waals surface area contributed by atoms with Gasteiger partial charge < -0.3 is 4.90 Å². The summed E-state index contributed by atoms with van der Waals surface area (Å²) in [6.07, 6.45) is 0. The number of hydrogen-bond donors (Lipinski definition) is 0. The average Bonchev–Trinajstić information content (AvgIpc) is 2.64. The Hall–Kier alpha value is -1.60. The maximum Gasteiger partial charge on any atom is 0.244 e. The van der Waals surface area contributed by atoms with Crippen molar-refractivity contribution < 1.29 is 13.2 Å². The van der Waals surface area contributed by atoms with E-state index in [0.717, 1.165) is 5.69 Å². The van der Waals surface area contributed by atoms with Gasteiger partial charge in [0.2, 0.25) is 10.0 Å². The number of Topliss-reactive ketones (excluding diaryl/α,β-unsaturated/α-hetero) is 1. The van der Waals surface area contributed by atoms with Gasteiger partial charge in [-0.1, -0.05) is 29.3 Å². The van der Waals surface area contributed by atoms with Gasteiger partial charge in [-0.25, -0.2) is 8.42 Å². The number of rotatable bonds is 4. The van der Waals surface area contributed by atoms with Crippen molar-refractivity contribution in [2.24, 2.45) is 0 Å². The normalized spacial score (nSPS) is 15.9. The second kappa shape index (κ2) is 7.56. The molecule has 1 aliphatic heterocycles. The molecule has 1 fully saturated rings. The molecule has 8 heteroatoms. The number of piperazine rings is 1. The highest BCUT2D eigenvalue weighted by atomic mass is 35.5. The molecule has 1 heterocycles.